The molecule has 1 aromatic rings. The molecule has 1 rings (SSSR count). The molecule has 3 nitrogen and oxygen atoms in total. The molecule has 4 heteroatoms. The van der Waals surface area contributed by atoms with Crippen LogP contribution in [0.5, 0.6) is 0 Å². The Hall–Kier alpha value is -1.22. The fourth-order valence-corrected chi connectivity index (χ4v) is 1.51. The van der Waals surface area contributed by atoms with Gasteiger partial charge >= 0.3 is 0 Å². The van der Waals surface area contributed by atoms with Crippen molar-refractivity contribution in [2.45, 2.75) is 20.4 Å². The number of carbonyl (C=O) groups excluding carboxylic acids is 1. The lowest BCUT2D eigenvalue weighted by Crippen LogP contribution is -2.24. The Kier molecular flexibility index (Phi) is 3.97. The number of carbonyl (C=O) groups is 1. The Morgan fingerprint density at radius 2 is 2.13 bits per heavy atom. The lowest BCUT2D eigenvalue weighted by molar-refractivity contribution is -0.118. The zero-order chi connectivity index (χ0) is 11.4. The molecule has 1 amide bonds. The van der Waals surface area contributed by atoms with Crippen molar-refractivity contribution < 1.29 is 4.79 Å². The molecular formula is C11H15ClN2O. The van der Waals surface area contributed by atoms with E-state index < -0.39 is 0 Å². The van der Waals surface area contributed by atoms with Gasteiger partial charge in [0.15, 0.2) is 0 Å². The number of alkyl halides is 1. The highest BCUT2D eigenvalue weighted by atomic mass is 35.5. The van der Waals surface area contributed by atoms with E-state index in [2.05, 4.69) is 5.32 Å². The van der Waals surface area contributed by atoms with Crippen molar-refractivity contribution in [1.29, 1.82) is 0 Å². The van der Waals surface area contributed by atoms with Gasteiger partial charge in [0.2, 0.25) is 5.91 Å². The first kappa shape index (κ1) is 11.9. The highest BCUT2D eigenvalue weighted by Gasteiger charge is 2.06. The minimum absolute atomic E-state index is 0.0135. The molecule has 3 N–H and O–H groups in total. The fraction of sp³-hybridized carbons (Fsp3) is 0.364. The van der Waals surface area contributed by atoms with Crippen LogP contribution >= 0.6 is 11.6 Å². The van der Waals surface area contributed by atoms with Gasteiger partial charge in [0.05, 0.1) is 0 Å². The number of nitrogens with two attached hydrogens (primary N) is 1. The zero-order valence-electron chi connectivity index (χ0n) is 8.93. The van der Waals surface area contributed by atoms with E-state index in [0.717, 1.165) is 22.4 Å². The Morgan fingerprint density at radius 1 is 1.47 bits per heavy atom. The average Bonchev–Trinajstić information content (AvgIpc) is 2.23. The molecular weight excluding hydrogens is 212 g/mol. The molecule has 0 radical (unpaired) electrons. The minimum atomic E-state index is -0.169. The highest BCUT2D eigenvalue weighted by Crippen LogP contribution is 2.19. The third kappa shape index (κ3) is 2.86. The van der Waals surface area contributed by atoms with Crippen molar-refractivity contribution in [2.24, 2.45) is 0 Å². The van der Waals surface area contributed by atoms with Crippen LogP contribution in [0.3, 0.4) is 0 Å². The maximum absolute atomic E-state index is 11.0. The van der Waals surface area contributed by atoms with Crippen LogP contribution in [0.2, 0.25) is 0 Å². The molecule has 0 saturated carbocycles. The molecule has 15 heavy (non-hydrogen) atoms. The number of nitrogens with one attached hydrogen (secondary N) is 1. The van der Waals surface area contributed by atoms with E-state index in [9.17, 15) is 4.79 Å². The lowest BCUT2D eigenvalue weighted by Gasteiger charge is -2.12. The number of amides is 1. The summed E-state index contributed by atoms with van der Waals surface area (Å²) < 4.78 is 0. The Morgan fingerprint density at radius 3 is 2.73 bits per heavy atom. The van der Waals surface area contributed by atoms with Crippen molar-refractivity contribution in [1.82, 2.24) is 5.32 Å². The second kappa shape index (κ2) is 5.03. The average molecular weight is 227 g/mol. The maximum atomic E-state index is 11.0. The largest absolute Gasteiger partial charge is 0.399 e. The van der Waals surface area contributed by atoms with Gasteiger partial charge < -0.3 is 11.1 Å². The second-order valence-corrected chi connectivity index (χ2v) is 3.75. The van der Waals surface area contributed by atoms with Crippen molar-refractivity contribution in [3.8, 4) is 0 Å². The summed E-state index contributed by atoms with van der Waals surface area (Å²) in [5, 5.41) is 2.73. The topological polar surface area (TPSA) is 55.1 Å². The van der Waals surface area contributed by atoms with E-state index in [4.69, 9.17) is 17.3 Å². The summed E-state index contributed by atoms with van der Waals surface area (Å²) in [6.45, 7) is 4.42. The van der Waals surface area contributed by atoms with E-state index in [1.807, 2.05) is 26.0 Å². The Balaban J connectivity index is 2.84. The van der Waals surface area contributed by atoms with Gasteiger partial charge in [-0.2, -0.15) is 0 Å². The van der Waals surface area contributed by atoms with Crippen LogP contribution in [0, 0.1) is 13.8 Å². The molecule has 0 spiro atoms. The van der Waals surface area contributed by atoms with Gasteiger partial charge in [-0.3, -0.25) is 4.79 Å². The maximum Gasteiger partial charge on any atom is 0.235 e. The van der Waals surface area contributed by atoms with E-state index in [-0.39, 0.29) is 11.8 Å². The molecule has 82 valence electrons. The summed E-state index contributed by atoms with van der Waals surface area (Å²) in [7, 11) is 0. The van der Waals surface area contributed by atoms with Gasteiger partial charge in [0.25, 0.3) is 0 Å². The zero-order valence-corrected chi connectivity index (χ0v) is 9.69. The molecule has 0 heterocycles. The van der Waals surface area contributed by atoms with Crippen molar-refractivity contribution in [3.05, 3.63) is 28.8 Å². The first-order chi connectivity index (χ1) is 7.06. The van der Waals surface area contributed by atoms with Crippen molar-refractivity contribution >= 4 is 23.2 Å². The summed E-state index contributed by atoms with van der Waals surface area (Å²) >= 11 is 5.39. The van der Waals surface area contributed by atoms with Gasteiger partial charge in [-0.25, -0.2) is 0 Å². The van der Waals surface area contributed by atoms with Gasteiger partial charge in [0.1, 0.15) is 5.88 Å². The van der Waals surface area contributed by atoms with Crippen LogP contribution in [0.1, 0.15) is 16.7 Å². The molecule has 0 aliphatic carbocycles. The first-order valence-electron chi connectivity index (χ1n) is 4.73. The summed E-state index contributed by atoms with van der Waals surface area (Å²) in [5.74, 6) is -0.182. The fourth-order valence-electron chi connectivity index (χ4n) is 1.42. The van der Waals surface area contributed by atoms with E-state index in [1.54, 1.807) is 0 Å². The van der Waals surface area contributed by atoms with Gasteiger partial charge in [0, 0.05) is 12.2 Å². The van der Waals surface area contributed by atoms with Crippen LogP contribution in [0.15, 0.2) is 12.1 Å². The smallest absolute Gasteiger partial charge is 0.235 e. The Bertz CT molecular complexity index is 377. The van der Waals surface area contributed by atoms with E-state index in [0.29, 0.717) is 6.54 Å². The summed E-state index contributed by atoms with van der Waals surface area (Å²) in [6.07, 6.45) is 0. The lowest BCUT2D eigenvalue weighted by atomic mass is 10.0. The van der Waals surface area contributed by atoms with Crippen molar-refractivity contribution in [3.63, 3.8) is 0 Å². The number of nitrogen functional groups attached to an aromatic ring is 1. The minimum Gasteiger partial charge on any atom is -0.399 e. The number of benzene rings is 1. The third-order valence-electron chi connectivity index (χ3n) is 2.46. The second-order valence-electron chi connectivity index (χ2n) is 3.49. The number of anilines is 1. The number of halogens is 1. The standard InChI is InChI=1S/C11H15ClN2O/c1-7-3-4-10(13)8(2)9(7)6-14-11(15)5-12/h3-4H,5-6,13H2,1-2H3,(H,14,15). The summed E-state index contributed by atoms with van der Waals surface area (Å²) in [6, 6.07) is 3.82. The predicted molar refractivity (Wildman–Crippen MR) is 62.9 cm³/mol. The number of aryl methyl sites for hydroxylation is 1. The van der Waals surface area contributed by atoms with Gasteiger partial charge in [-0.05, 0) is 36.6 Å². The number of rotatable bonds is 3. The van der Waals surface area contributed by atoms with Gasteiger partial charge in [-0.15, -0.1) is 11.6 Å². The van der Waals surface area contributed by atoms with Crippen LogP contribution in [0.25, 0.3) is 0 Å². The molecule has 1 aromatic carbocycles. The molecule has 0 aromatic heterocycles. The normalized spacial score (nSPS) is 10.1. The van der Waals surface area contributed by atoms with Crippen LogP contribution in [0.4, 0.5) is 5.69 Å². The quantitative estimate of drug-likeness (QED) is 0.609. The molecule has 0 atom stereocenters. The molecule has 0 bridgehead atoms. The van der Waals surface area contributed by atoms with E-state index >= 15 is 0 Å². The van der Waals surface area contributed by atoms with Crippen molar-refractivity contribution in [2.75, 3.05) is 11.6 Å². The third-order valence-corrected chi connectivity index (χ3v) is 2.70. The summed E-state index contributed by atoms with van der Waals surface area (Å²) in [5.41, 5.74) is 9.74. The predicted octanol–water partition coefficient (Wildman–Crippen LogP) is 1.74. The number of hydrogen-bond donors (Lipinski definition) is 2. The molecule has 0 unspecified atom stereocenters. The van der Waals surface area contributed by atoms with E-state index in [1.165, 1.54) is 0 Å². The highest BCUT2D eigenvalue weighted by molar-refractivity contribution is 6.27. The number of hydrogen-bond acceptors (Lipinski definition) is 2. The molecule has 0 fully saturated rings. The van der Waals surface area contributed by atoms with Crippen LogP contribution in [-0.2, 0) is 11.3 Å². The summed E-state index contributed by atoms with van der Waals surface area (Å²) in [4.78, 5) is 11.0. The van der Waals surface area contributed by atoms with Gasteiger partial charge in [-0.1, -0.05) is 6.07 Å². The monoisotopic (exact) mass is 226 g/mol. The van der Waals surface area contributed by atoms with Crippen LogP contribution < -0.4 is 11.1 Å². The SMILES string of the molecule is Cc1ccc(N)c(C)c1CNC(=O)CCl. The molecule has 0 saturated heterocycles. The first-order valence-corrected chi connectivity index (χ1v) is 5.27. The molecule has 0 aliphatic heterocycles. The Labute approximate surface area is 94.6 Å². The molecule has 0 aliphatic rings. The van der Waals surface area contributed by atoms with Crippen LogP contribution in [-0.4, -0.2) is 11.8 Å².